The fourth-order valence-corrected chi connectivity index (χ4v) is 4.18. The zero-order valence-corrected chi connectivity index (χ0v) is 12.1. The topological polar surface area (TPSA) is 23.5 Å². The van der Waals surface area contributed by atoms with E-state index < -0.39 is 0 Å². The van der Waals surface area contributed by atoms with Crippen LogP contribution in [0, 0.1) is 0 Å². The minimum Gasteiger partial charge on any atom is -0.508 e. The van der Waals surface area contributed by atoms with Crippen LogP contribution in [0.2, 0.25) is 0 Å². The monoisotopic (exact) mass is 259 g/mol. The maximum atomic E-state index is 10.1. The summed E-state index contributed by atoms with van der Waals surface area (Å²) in [5.41, 5.74) is 2.59. The van der Waals surface area contributed by atoms with Gasteiger partial charge in [0.15, 0.2) is 0 Å². The zero-order valence-electron chi connectivity index (χ0n) is 12.1. The number of hydrogen-bond acceptors (Lipinski definition) is 2. The molecule has 1 heterocycles. The van der Waals surface area contributed by atoms with Crippen molar-refractivity contribution in [2.75, 3.05) is 0 Å². The van der Waals surface area contributed by atoms with Gasteiger partial charge < -0.3 is 5.11 Å². The highest BCUT2D eigenvalue weighted by molar-refractivity contribution is 5.42. The number of phenolic OH excluding ortho intramolecular Hbond substituents is 1. The quantitative estimate of drug-likeness (QED) is 0.866. The first kappa shape index (κ1) is 13.0. The van der Waals surface area contributed by atoms with Crippen molar-refractivity contribution in [2.45, 2.75) is 70.5 Å². The van der Waals surface area contributed by atoms with E-state index in [-0.39, 0.29) is 0 Å². The van der Waals surface area contributed by atoms with Gasteiger partial charge in [-0.05, 0) is 62.6 Å². The lowest BCUT2D eigenvalue weighted by Gasteiger charge is -2.39. The van der Waals surface area contributed by atoms with Crippen molar-refractivity contribution in [1.29, 1.82) is 0 Å². The molecule has 1 aliphatic heterocycles. The number of fused-ring (bicyclic) bond motifs is 1. The summed E-state index contributed by atoms with van der Waals surface area (Å²) in [7, 11) is 0. The SMILES string of the molecule is CCC1CCC(C)N1C1CCCc2c(O)cccc21. The molecular weight excluding hydrogens is 234 g/mol. The maximum absolute atomic E-state index is 10.1. The first-order valence-corrected chi connectivity index (χ1v) is 7.80. The first-order valence-electron chi connectivity index (χ1n) is 7.80. The molecule has 0 amide bonds. The van der Waals surface area contributed by atoms with Crippen molar-refractivity contribution < 1.29 is 5.11 Å². The van der Waals surface area contributed by atoms with Crippen molar-refractivity contribution in [3.63, 3.8) is 0 Å². The van der Waals surface area contributed by atoms with Gasteiger partial charge in [0.1, 0.15) is 5.75 Å². The van der Waals surface area contributed by atoms with E-state index >= 15 is 0 Å². The Morgan fingerprint density at radius 2 is 2.11 bits per heavy atom. The van der Waals surface area contributed by atoms with E-state index in [1.165, 1.54) is 43.2 Å². The van der Waals surface area contributed by atoms with Crippen LogP contribution in [-0.2, 0) is 6.42 Å². The van der Waals surface area contributed by atoms with Gasteiger partial charge in [0, 0.05) is 18.1 Å². The van der Waals surface area contributed by atoms with Crippen molar-refractivity contribution in [3.05, 3.63) is 29.3 Å². The summed E-state index contributed by atoms with van der Waals surface area (Å²) < 4.78 is 0. The predicted molar refractivity (Wildman–Crippen MR) is 78.4 cm³/mol. The maximum Gasteiger partial charge on any atom is 0.119 e. The minimum absolute atomic E-state index is 0.502. The second kappa shape index (κ2) is 5.16. The number of likely N-dealkylation sites (tertiary alicyclic amines) is 1. The van der Waals surface area contributed by atoms with Crippen LogP contribution in [0.1, 0.15) is 63.1 Å². The van der Waals surface area contributed by atoms with Crippen LogP contribution in [0.3, 0.4) is 0 Å². The largest absolute Gasteiger partial charge is 0.508 e. The highest BCUT2D eigenvalue weighted by atomic mass is 16.3. The third kappa shape index (κ3) is 2.16. The van der Waals surface area contributed by atoms with Crippen LogP contribution >= 0.6 is 0 Å². The molecule has 0 aromatic heterocycles. The molecule has 104 valence electrons. The number of nitrogens with zero attached hydrogens (tertiary/aromatic N) is 1. The van der Waals surface area contributed by atoms with Crippen LogP contribution in [0.25, 0.3) is 0 Å². The van der Waals surface area contributed by atoms with Gasteiger partial charge >= 0.3 is 0 Å². The molecule has 0 bridgehead atoms. The molecule has 1 N–H and O–H groups in total. The molecule has 1 aromatic carbocycles. The minimum atomic E-state index is 0.502. The zero-order chi connectivity index (χ0) is 13.4. The molecule has 0 spiro atoms. The number of hydrogen-bond donors (Lipinski definition) is 1. The molecule has 1 saturated heterocycles. The predicted octanol–water partition coefficient (Wildman–Crippen LogP) is 4.03. The fourth-order valence-electron chi connectivity index (χ4n) is 4.18. The number of phenols is 1. The lowest BCUT2D eigenvalue weighted by Crippen LogP contribution is -2.39. The average molecular weight is 259 g/mol. The Morgan fingerprint density at radius 3 is 2.89 bits per heavy atom. The number of aromatic hydroxyl groups is 1. The van der Waals surface area contributed by atoms with Crippen LogP contribution < -0.4 is 0 Å². The summed E-state index contributed by atoms with van der Waals surface area (Å²) in [5, 5.41) is 10.1. The summed E-state index contributed by atoms with van der Waals surface area (Å²) >= 11 is 0. The van der Waals surface area contributed by atoms with Gasteiger partial charge in [0.25, 0.3) is 0 Å². The summed E-state index contributed by atoms with van der Waals surface area (Å²) in [4.78, 5) is 2.73. The Hall–Kier alpha value is -1.02. The number of rotatable bonds is 2. The highest BCUT2D eigenvalue weighted by Crippen LogP contribution is 2.43. The number of benzene rings is 1. The normalized spacial score (nSPS) is 31.4. The highest BCUT2D eigenvalue weighted by Gasteiger charge is 2.37. The Balaban J connectivity index is 1.97. The lowest BCUT2D eigenvalue weighted by atomic mass is 9.85. The standard InChI is InChI=1S/C17H25NO/c1-3-13-11-10-12(2)18(13)16-8-4-7-15-14(16)6-5-9-17(15)19/h5-6,9,12-13,16,19H,3-4,7-8,10-11H2,1-2H3. The molecule has 0 saturated carbocycles. The fraction of sp³-hybridized carbons (Fsp3) is 0.647. The molecule has 2 nitrogen and oxygen atoms in total. The average Bonchev–Trinajstić information content (AvgIpc) is 2.80. The van der Waals surface area contributed by atoms with Crippen LogP contribution in [-0.4, -0.2) is 22.1 Å². The molecule has 19 heavy (non-hydrogen) atoms. The van der Waals surface area contributed by atoms with E-state index in [0.717, 1.165) is 12.5 Å². The van der Waals surface area contributed by atoms with Gasteiger partial charge in [0.05, 0.1) is 0 Å². The first-order chi connectivity index (χ1) is 9.22. The molecule has 1 fully saturated rings. The molecule has 2 heteroatoms. The second-order valence-electron chi connectivity index (χ2n) is 6.19. The second-order valence-corrected chi connectivity index (χ2v) is 6.19. The van der Waals surface area contributed by atoms with Crippen molar-refractivity contribution >= 4 is 0 Å². The Bertz CT molecular complexity index is 457. The lowest BCUT2D eigenvalue weighted by molar-refractivity contribution is 0.118. The van der Waals surface area contributed by atoms with Gasteiger partial charge in [-0.2, -0.15) is 0 Å². The van der Waals surface area contributed by atoms with Gasteiger partial charge in [-0.15, -0.1) is 0 Å². The Labute approximate surface area is 116 Å². The molecule has 1 aromatic rings. The third-order valence-electron chi connectivity index (χ3n) is 5.13. The summed E-state index contributed by atoms with van der Waals surface area (Å²) in [6.45, 7) is 4.68. The van der Waals surface area contributed by atoms with Gasteiger partial charge in [-0.1, -0.05) is 19.1 Å². The van der Waals surface area contributed by atoms with E-state index in [4.69, 9.17) is 0 Å². The van der Waals surface area contributed by atoms with E-state index in [2.05, 4.69) is 24.8 Å². The van der Waals surface area contributed by atoms with E-state index in [1.54, 1.807) is 0 Å². The van der Waals surface area contributed by atoms with Gasteiger partial charge in [-0.25, -0.2) is 0 Å². The van der Waals surface area contributed by atoms with Crippen molar-refractivity contribution in [1.82, 2.24) is 4.90 Å². The molecule has 3 unspecified atom stereocenters. The Morgan fingerprint density at radius 1 is 1.26 bits per heavy atom. The van der Waals surface area contributed by atoms with Gasteiger partial charge in [0.2, 0.25) is 0 Å². The summed E-state index contributed by atoms with van der Waals surface area (Å²) in [6, 6.07) is 8.02. The smallest absolute Gasteiger partial charge is 0.119 e. The molecule has 3 rings (SSSR count). The summed E-state index contributed by atoms with van der Waals surface area (Å²) in [5.74, 6) is 0.502. The molecule has 3 atom stereocenters. The molecule has 0 radical (unpaired) electrons. The molecule has 2 aliphatic rings. The van der Waals surface area contributed by atoms with E-state index in [1.807, 2.05) is 12.1 Å². The summed E-state index contributed by atoms with van der Waals surface area (Å²) in [6.07, 6.45) is 7.39. The van der Waals surface area contributed by atoms with E-state index in [0.29, 0.717) is 17.8 Å². The third-order valence-corrected chi connectivity index (χ3v) is 5.13. The molecule has 1 aliphatic carbocycles. The van der Waals surface area contributed by atoms with Crippen LogP contribution in [0.15, 0.2) is 18.2 Å². The van der Waals surface area contributed by atoms with Crippen molar-refractivity contribution in [3.8, 4) is 5.75 Å². The van der Waals surface area contributed by atoms with E-state index in [9.17, 15) is 5.11 Å². The van der Waals surface area contributed by atoms with Gasteiger partial charge in [-0.3, -0.25) is 4.90 Å². The Kier molecular flexibility index (Phi) is 3.53. The van der Waals surface area contributed by atoms with Crippen molar-refractivity contribution in [2.24, 2.45) is 0 Å². The van der Waals surface area contributed by atoms with Crippen LogP contribution in [0.4, 0.5) is 0 Å². The molecular formula is C17H25NO. The van der Waals surface area contributed by atoms with Crippen LogP contribution in [0.5, 0.6) is 5.75 Å².